The molecule has 2 aliphatic rings. The molecule has 0 spiro atoms. The van der Waals surface area contributed by atoms with Crippen molar-refractivity contribution >= 4 is 38.7 Å². The van der Waals surface area contributed by atoms with Crippen LogP contribution in [0, 0.1) is 0 Å². The van der Waals surface area contributed by atoms with E-state index in [0.29, 0.717) is 18.3 Å². The van der Waals surface area contributed by atoms with Crippen LogP contribution in [0.4, 0.5) is 5.82 Å². The minimum Gasteiger partial charge on any atom is -0.390 e. The summed E-state index contributed by atoms with van der Waals surface area (Å²) in [4.78, 5) is 22.8. The maximum absolute atomic E-state index is 10.8. The van der Waals surface area contributed by atoms with Gasteiger partial charge in [0.05, 0.1) is 23.9 Å². The van der Waals surface area contributed by atoms with Crippen molar-refractivity contribution in [1.29, 1.82) is 0 Å². The molecule has 0 bridgehead atoms. The third-order valence-electron chi connectivity index (χ3n) is 7.83. The van der Waals surface area contributed by atoms with Crippen LogP contribution in [-0.4, -0.2) is 55.3 Å². The second-order valence-electron chi connectivity index (χ2n) is 10.1. The van der Waals surface area contributed by atoms with Crippen LogP contribution in [0.25, 0.3) is 44.2 Å². The summed E-state index contributed by atoms with van der Waals surface area (Å²) in [5, 5.41) is 21.0. The van der Waals surface area contributed by atoms with Crippen molar-refractivity contribution in [2.45, 2.75) is 50.2 Å². The van der Waals surface area contributed by atoms with Crippen molar-refractivity contribution in [1.82, 2.24) is 30.2 Å². The lowest BCUT2D eigenvalue weighted by atomic mass is 9.79. The smallest absolute Gasteiger partial charge is 0.163 e. The lowest BCUT2D eigenvalue weighted by molar-refractivity contribution is 0.155. The van der Waals surface area contributed by atoms with E-state index in [1.807, 2.05) is 30.6 Å². The number of aliphatic hydroxyl groups is 1. The van der Waals surface area contributed by atoms with Gasteiger partial charge in [-0.15, -0.1) is 0 Å². The zero-order valence-electron chi connectivity index (χ0n) is 20.0. The van der Waals surface area contributed by atoms with Gasteiger partial charge in [0, 0.05) is 46.2 Å². The molecule has 1 saturated heterocycles. The number of aromatic amines is 1. The van der Waals surface area contributed by atoms with Crippen molar-refractivity contribution in [3.05, 3.63) is 54.5 Å². The molecule has 36 heavy (non-hydrogen) atoms. The number of benzene rings is 1. The number of rotatable bonds is 4. The predicted octanol–water partition coefficient (Wildman–Crippen LogP) is 4.51. The van der Waals surface area contributed by atoms with Gasteiger partial charge in [-0.3, -0.25) is 4.98 Å². The largest absolute Gasteiger partial charge is 0.390 e. The Morgan fingerprint density at radius 3 is 2.78 bits per heavy atom. The monoisotopic (exact) mass is 479 g/mol. The number of fused-ring (bicyclic) bond motifs is 4. The highest BCUT2D eigenvalue weighted by molar-refractivity contribution is 6.12. The third-order valence-corrected chi connectivity index (χ3v) is 7.83. The number of hydrogen-bond acceptors (Lipinski definition) is 7. The fourth-order valence-corrected chi connectivity index (χ4v) is 5.69. The quantitative estimate of drug-likeness (QED) is 0.300. The number of aromatic nitrogens is 5. The second-order valence-corrected chi connectivity index (χ2v) is 10.1. The highest BCUT2D eigenvalue weighted by Gasteiger charge is 2.28. The lowest BCUT2D eigenvalue weighted by Gasteiger charge is -2.28. The summed E-state index contributed by atoms with van der Waals surface area (Å²) in [6.45, 7) is 1.49. The molecular weight excluding hydrogens is 450 g/mol. The molecule has 1 saturated carbocycles. The van der Waals surface area contributed by atoms with Gasteiger partial charge in [0.2, 0.25) is 0 Å². The Hall–Kier alpha value is -3.62. The maximum Gasteiger partial charge on any atom is 0.163 e. The maximum atomic E-state index is 10.8. The molecule has 4 aromatic heterocycles. The molecule has 8 nitrogen and oxygen atoms in total. The van der Waals surface area contributed by atoms with Crippen LogP contribution < -0.4 is 10.6 Å². The van der Waals surface area contributed by atoms with E-state index in [9.17, 15) is 5.11 Å². The van der Waals surface area contributed by atoms with E-state index < -0.39 is 6.10 Å². The zero-order valence-corrected chi connectivity index (χ0v) is 20.0. The molecule has 182 valence electrons. The first-order chi connectivity index (χ1) is 17.8. The SMILES string of the molecule is OC1CNCCCC1Nc1nc(-c2ccnc3[nH]c4ccccc4c23)nc2cncc(C3CCC3)c12. The highest BCUT2D eigenvalue weighted by atomic mass is 16.3. The molecule has 1 aliphatic carbocycles. The van der Waals surface area contributed by atoms with Crippen LogP contribution in [0.15, 0.2) is 48.9 Å². The highest BCUT2D eigenvalue weighted by Crippen LogP contribution is 2.42. The number of aliphatic hydroxyl groups excluding tert-OH is 1. The van der Waals surface area contributed by atoms with Gasteiger partial charge in [-0.2, -0.15) is 0 Å². The molecule has 0 amide bonds. The molecule has 4 N–H and O–H groups in total. The van der Waals surface area contributed by atoms with Crippen molar-refractivity contribution in [3.63, 3.8) is 0 Å². The third kappa shape index (κ3) is 3.60. The van der Waals surface area contributed by atoms with Crippen LogP contribution >= 0.6 is 0 Å². The van der Waals surface area contributed by atoms with Crippen LogP contribution in [0.2, 0.25) is 0 Å². The Morgan fingerprint density at radius 2 is 1.89 bits per heavy atom. The molecule has 2 atom stereocenters. The first-order valence-electron chi connectivity index (χ1n) is 12.9. The summed E-state index contributed by atoms with van der Waals surface area (Å²) in [6.07, 6.45) is 10.6. The normalized spacial score (nSPS) is 21.0. The van der Waals surface area contributed by atoms with Gasteiger partial charge in [0.1, 0.15) is 11.5 Å². The van der Waals surface area contributed by atoms with Crippen LogP contribution in [0.5, 0.6) is 0 Å². The summed E-state index contributed by atoms with van der Waals surface area (Å²) in [6, 6.07) is 10.1. The first-order valence-corrected chi connectivity index (χ1v) is 12.9. The molecule has 5 heterocycles. The van der Waals surface area contributed by atoms with E-state index in [2.05, 4.69) is 37.7 Å². The van der Waals surface area contributed by atoms with E-state index in [-0.39, 0.29) is 6.04 Å². The van der Waals surface area contributed by atoms with Gasteiger partial charge in [0.25, 0.3) is 0 Å². The second kappa shape index (κ2) is 8.80. The number of pyridine rings is 2. The van der Waals surface area contributed by atoms with Crippen LogP contribution in [-0.2, 0) is 0 Å². The van der Waals surface area contributed by atoms with E-state index in [1.165, 1.54) is 12.0 Å². The fourth-order valence-electron chi connectivity index (χ4n) is 5.69. The molecular formula is C28H29N7O. The molecule has 2 unspecified atom stereocenters. The number of para-hydroxylation sites is 1. The van der Waals surface area contributed by atoms with Gasteiger partial charge < -0.3 is 20.7 Å². The Bertz CT molecular complexity index is 1580. The van der Waals surface area contributed by atoms with Gasteiger partial charge in [0.15, 0.2) is 5.82 Å². The fraction of sp³-hybridized carbons (Fsp3) is 0.357. The van der Waals surface area contributed by atoms with Gasteiger partial charge in [-0.05, 0) is 55.8 Å². The number of H-pyrrole nitrogens is 1. The van der Waals surface area contributed by atoms with E-state index in [0.717, 1.165) is 76.4 Å². The molecule has 1 aliphatic heterocycles. The lowest BCUT2D eigenvalue weighted by Crippen LogP contribution is -2.38. The number of β-amino-alcohol motifs (C(OH)–C–C–N with tert-alkyl or cyclic N) is 1. The van der Waals surface area contributed by atoms with Crippen molar-refractivity contribution in [3.8, 4) is 11.4 Å². The van der Waals surface area contributed by atoms with Crippen LogP contribution in [0.1, 0.15) is 43.6 Å². The Morgan fingerprint density at radius 1 is 0.972 bits per heavy atom. The Balaban J connectivity index is 1.44. The van der Waals surface area contributed by atoms with E-state index in [4.69, 9.17) is 9.97 Å². The molecule has 7 rings (SSSR count). The minimum absolute atomic E-state index is 0.0843. The number of nitrogens with zero attached hydrogens (tertiary/aromatic N) is 4. The molecule has 2 fully saturated rings. The Kier molecular flexibility index (Phi) is 5.29. The summed E-state index contributed by atoms with van der Waals surface area (Å²) in [5.74, 6) is 1.91. The zero-order chi connectivity index (χ0) is 24.1. The standard InChI is InChI=1S/C28H29N7O/c36-23-15-29-11-4-9-21(23)33-28-25-19(16-5-3-6-16)13-30-14-22(25)34-26(35-28)18-10-12-31-27-24(18)17-7-1-2-8-20(17)32-27/h1-2,7-8,10,12-14,16,21,23,29,36H,3-6,9,11,15H2,(H,31,32)(H,33,34,35). The summed E-state index contributed by atoms with van der Waals surface area (Å²) in [5.41, 5.74) is 4.83. The summed E-state index contributed by atoms with van der Waals surface area (Å²) >= 11 is 0. The molecule has 0 radical (unpaired) electrons. The van der Waals surface area contributed by atoms with E-state index in [1.54, 1.807) is 6.20 Å². The number of nitrogens with one attached hydrogen (secondary N) is 3. The van der Waals surface area contributed by atoms with Gasteiger partial charge >= 0.3 is 0 Å². The van der Waals surface area contributed by atoms with Crippen molar-refractivity contribution in [2.75, 3.05) is 18.4 Å². The minimum atomic E-state index is -0.490. The first kappa shape index (κ1) is 21.6. The van der Waals surface area contributed by atoms with Crippen molar-refractivity contribution in [2.24, 2.45) is 0 Å². The summed E-state index contributed by atoms with van der Waals surface area (Å²) in [7, 11) is 0. The average Bonchev–Trinajstić information content (AvgIpc) is 3.13. The topological polar surface area (TPSA) is 112 Å². The van der Waals surface area contributed by atoms with Crippen LogP contribution in [0.3, 0.4) is 0 Å². The predicted molar refractivity (Wildman–Crippen MR) is 142 cm³/mol. The number of hydrogen-bond donors (Lipinski definition) is 4. The Labute approximate surface area is 208 Å². The average molecular weight is 480 g/mol. The van der Waals surface area contributed by atoms with E-state index >= 15 is 0 Å². The molecule has 8 heteroatoms. The molecule has 1 aromatic carbocycles. The van der Waals surface area contributed by atoms with Gasteiger partial charge in [-0.25, -0.2) is 15.0 Å². The molecule has 5 aromatic rings. The van der Waals surface area contributed by atoms with Crippen molar-refractivity contribution < 1.29 is 5.11 Å². The number of anilines is 1. The van der Waals surface area contributed by atoms with Gasteiger partial charge in [-0.1, -0.05) is 24.6 Å². The summed E-state index contributed by atoms with van der Waals surface area (Å²) < 4.78 is 0.